The Morgan fingerprint density at radius 1 is 1.04 bits per heavy atom. The summed E-state index contributed by atoms with van der Waals surface area (Å²) in [6.07, 6.45) is 2.63. The number of nitrogens with zero attached hydrogens (tertiary/aromatic N) is 6. The van der Waals surface area contributed by atoms with E-state index in [-0.39, 0.29) is 11.2 Å². The molecule has 1 aliphatic heterocycles. The number of hydrogen-bond donors (Lipinski definition) is 0. The Hall–Kier alpha value is -1.93. The average Bonchev–Trinajstić information content (AvgIpc) is 3.02. The molecule has 8 nitrogen and oxygen atoms in total. The molecule has 0 N–H and O–H groups in total. The van der Waals surface area contributed by atoms with Crippen LogP contribution in [0.4, 0.5) is 0 Å². The van der Waals surface area contributed by atoms with Gasteiger partial charge in [0.25, 0.3) is 5.56 Å². The fourth-order valence-electron chi connectivity index (χ4n) is 3.53. The van der Waals surface area contributed by atoms with Crippen LogP contribution >= 0.6 is 0 Å². The number of imidazole rings is 1. The van der Waals surface area contributed by atoms with Crippen molar-refractivity contribution < 1.29 is 0 Å². The number of fused-ring (bicyclic) bond motifs is 1. The van der Waals surface area contributed by atoms with Crippen molar-refractivity contribution in [2.75, 3.05) is 32.7 Å². The summed E-state index contributed by atoms with van der Waals surface area (Å²) in [5.74, 6) is 0. The summed E-state index contributed by atoms with van der Waals surface area (Å²) < 4.78 is 4.45. The fourth-order valence-corrected chi connectivity index (χ4v) is 3.53. The highest BCUT2D eigenvalue weighted by Gasteiger charge is 2.19. The summed E-state index contributed by atoms with van der Waals surface area (Å²) in [7, 11) is 3.16. The molecule has 0 spiro atoms. The van der Waals surface area contributed by atoms with Crippen LogP contribution in [0, 0.1) is 0 Å². The first kappa shape index (κ1) is 17.9. The van der Waals surface area contributed by atoms with Gasteiger partial charge in [-0.3, -0.25) is 18.8 Å². The topological polar surface area (TPSA) is 68.3 Å². The van der Waals surface area contributed by atoms with Crippen molar-refractivity contribution >= 4 is 11.2 Å². The Labute approximate surface area is 147 Å². The van der Waals surface area contributed by atoms with Crippen molar-refractivity contribution in [1.82, 2.24) is 28.5 Å². The molecule has 3 heterocycles. The van der Waals surface area contributed by atoms with Crippen molar-refractivity contribution in [3.8, 4) is 0 Å². The van der Waals surface area contributed by atoms with Crippen LogP contribution in [0.1, 0.15) is 20.3 Å². The van der Waals surface area contributed by atoms with Gasteiger partial charge in [-0.15, -0.1) is 0 Å². The van der Waals surface area contributed by atoms with Gasteiger partial charge in [0.1, 0.15) is 0 Å². The van der Waals surface area contributed by atoms with Crippen LogP contribution < -0.4 is 11.2 Å². The molecule has 0 aromatic carbocycles. The number of aryl methyl sites for hydroxylation is 2. The van der Waals surface area contributed by atoms with E-state index in [9.17, 15) is 9.59 Å². The third kappa shape index (κ3) is 3.41. The molecule has 0 radical (unpaired) electrons. The van der Waals surface area contributed by atoms with Gasteiger partial charge in [-0.05, 0) is 26.8 Å². The first-order chi connectivity index (χ1) is 11.9. The molecule has 1 fully saturated rings. The van der Waals surface area contributed by atoms with E-state index in [0.29, 0.717) is 17.2 Å². The Morgan fingerprint density at radius 2 is 1.72 bits per heavy atom. The molecule has 0 bridgehead atoms. The molecule has 25 heavy (non-hydrogen) atoms. The number of hydrogen-bond acceptors (Lipinski definition) is 5. The van der Waals surface area contributed by atoms with Crippen LogP contribution in [0.15, 0.2) is 15.9 Å². The molecule has 0 saturated carbocycles. The van der Waals surface area contributed by atoms with E-state index in [1.165, 1.54) is 11.6 Å². The third-order valence-electron chi connectivity index (χ3n) is 5.23. The Kier molecular flexibility index (Phi) is 5.10. The van der Waals surface area contributed by atoms with Gasteiger partial charge < -0.3 is 9.47 Å². The van der Waals surface area contributed by atoms with Crippen molar-refractivity contribution in [2.45, 2.75) is 32.9 Å². The van der Waals surface area contributed by atoms with Crippen molar-refractivity contribution in [3.05, 3.63) is 27.2 Å². The van der Waals surface area contributed by atoms with Gasteiger partial charge in [0.15, 0.2) is 11.2 Å². The van der Waals surface area contributed by atoms with Crippen molar-refractivity contribution in [3.63, 3.8) is 0 Å². The zero-order chi connectivity index (χ0) is 18.1. The molecule has 3 rings (SSSR count). The quantitative estimate of drug-likeness (QED) is 0.752. The number of aromatic nitrogens is 4. The maximum Gasteiger partial charge on any atom is 0.332 e. The maximum atomic E-state index is 12.4. The van der Waals surface area contributed by atoms with Crippen LogP contribution in [0.5, 0.6) is 0 Å². The molecular weight excluding hydrogens is 320 g/mol. The highest BCUT2D eigenvalue weighted by Crippen LogP contribution is 2.09. The van der Waals surface area contributed by atoms with Gasteiger partial charge in [-0.25, -0.2) is 9.78 Å². The highest BCUT2D eigenvalue weighted by molar-refractivity contribution is 5.69. The summed E-state index contributed by atoms with van der Waals surface area (Å²) in [4.78, 5) is 33.6. The molecule has 8 heteroatoms. The predicted molar refractivity (Wildman–Crippen MR) is 98.0 cm³/mol. The second-order valence-corrected chi connectivity index (χ2v) is 7.14. The Morgan fingerprint density at radius 3 is 2.36 bits per heavy atom. The molecule has 0 amide bonds. The average molecular weight is 348 g/mol. The summed E-state index contributed by atoms with van der Waals surface area (Å²) >= 11 is 0. The van der Waals surface area contributed by atoms with E-state index in [4.69, 9.17) is 0 Å². The van der Waals surface area contributed by atoms with Gasteiger partial charge in [-0.2, -0.15) is 0 Å². The lowest BCUT2D eigenvalue weighted by molar-refractivity contribution is 0.107. The third-order valence-corrected chi connectivity index (χ3v) is 5.23. The smallest absolute Gasteiger partial charge is 0.325 e. The van der Waals surface area contributed by atoms with Crippen molar-refractivity contribution in [1.29, 1.82) is 0 Å². The van der Waals surface area contributed by atoms with E-state index < -0.39 is 0 Å². The summed E-state index contributed by atoms with van der Waals surface area (Å²) in [6, 6.07) is 0.613. The van der Waals surface area contributed by atoms with Crippen molar-refractivity contribution in [2.24, 2.45) is 14.1 Å². The zero-order valence-corrected chi connectivity index (χ0v) is 15.6. The molecule has 0 atom stereocenters. The van der Waals surface area contributed by atoms with Gasteiger partial charge in [0.2, 0.25) is 0 Å². The summed E-state index contributed by atoms with van der Waals surface area (Å²) in [6.45, 7) is 10.7. The van der Waals surface area contributed by atoms with E-state index in [1.807, 2.05) is 4.57 Å². The molecule has 1 aliphatic rings. The second kappa shape index (κ2) is 7.13. The minimum Gasteiger partial charge on any atom is -0.325 e. The fraction of sp³-hybridized carbons (Fsp3) is 0.706. The Bertz CT molecular complexity index is 854. The zero-order valence-electron chi connectivity index (χ0n) is 15.6. The highest BCUT2D eigenvalue weighted by atomic mass is 16.2. The van der Waals surface area contributed by atoms with Crippen LogP contribution in [-0.4, -0.2) is 67.3 Å². The lowest BCUT2D eigenvalue weighted by Crippen LogP contribution is -2.49. The molecule has 2 aromatic rings. The van der Waals surface area contributed by atoms with Gasteiger partial charge >= 0.3 is 5.69 Å². The minimum absolute atomic E-state index is 0.277. The monoisotopic (exact) mass is 348 g/mol. The second-order valence-electron chi connectivity index (χ2n) is 7.14. The van der Waals surface area contributed by atoms with Gasteiger partial charge in [0, 0.05) is 52.9 Å². The molecule has 138 valence electrons. The SMILES string of the molecule is CC(C)N1CCN(CCCn2cnc3c2c(=O)n(C)c(=O)n3C)CC1. The number of rotatable bonds is 5. The molecule has 0 aliphatic carbocycles. The molecule has 0 unspecified atom stereocenters. The molecule has 1 saturated heterocycles. The van der Waals surface area contributed by atoms with Crippen LogP contribution in [0.3, 0.4) is 0 Å². The van der Waals surface area contributed by atoms with Crippen LogP contribution in [-0.2, 0) is 20.6 Å². The first-order valence-electron chi connectivity index (χ1n) is 8.97. The van der Waals surface area contributed by atoms with E-state index in [1.54, 1.807) is 13.4 Å². The largest absolute Gasteiger partial charge is 0.332 e. The summed E-state index contributed by atoms with van der Waals surface area (Å²) in [5.41, 5.74) is 0.347. The normalized spacial score (nSPS) is 17.0. The van der Waals surface area contributed by atoms with E-state index in [0.717, 1.165) is 50.3 Å². The van der Waals surface area contributed by atoms with E-state index in [2.05, 4.69) is 28.6 Å². The maximum absolute atomic E-state index is 12.4. The van der Waals surface area contributed by atoms with Crippen LogP contribution in [0.2, 0.25) is 0 Å². The Balaban J connectivity index is 1.65. The molecule has 2 aromatic heterocycles. The summed E-state index contributed by atoms with van der Waals surface area (Å²) in [5, 5.41) is 0. The molecular formula is C17H28N6O2. The lowest BCUT2D eigenvalue weighted by atomic mass is 10.2. The van der Waals surface area contributed by atoms with Crippen LogP contribution in [0.25, 0.3) is 11.2 Å². The van der Waals surface area contributed by atoms with Gasteiger partial charge in [0.05, 0.1) is 6.33 Å². The first-order valence-corrected chi connectivity index (χ1v) is 8.97. The number of piperazine rings is 1. The lowest BCUT2D eigenvalue weighted by Gasteiger charge is -2.36. The van der Waals surface area contributed by atoms with E-state index >= 15 is 0 Å². The minimum atomic E-state index is -0.342. The van der Waals surface area contributed by atoms with Gasteiger partial charge in [-0.1, -0.05) is 0 Å². The predicted octanol–water partition coefficient (Wildman–Crippen LogP) is -0.150. The standard InChI is InChI=1S/C17H28N6O2/c1-13(2)22-10-8-21(9-11-22)6-5-7-23-12-18-15-14(23)16(24)20(4)17(25)19(15)3/h12-13H,5-11H2,1-4H3.